The second-order valence-electron chi connectivity index (χ2n) is 17.5. The van der Waals surface area contributed by atoms with Gasteiger partial charge in [0, 0.05) is 44.5 Å². The summed E-state index contributed by atoms with van der Waals surface area (Å²) in [6, 6.07) is 22.5. The molecule has 4 aromatic carbocycles. The van der Waals surface area contributed by atoms with Gasteiger partial charge in [0.05, 0.1) is 11.0 Å². The van der Waals surface area contributed by atoms with Crippen molar-refractivity contribution < 1.29 is 81.5 Å². The molecule has 1 heterocycles. The van der Waals surface area contributed by atoms with Gasteiger partial charge in [0.15, 0.2) is 24.4 Å². The number of aliphatic carboxylic acids is 1. The number of hydrogen-bond donors (Lipinski definition) is 4. The van der Waals surface area contributed by atoms with Crippen LogP contribution in [0.25, 0.3) is 11.1 Å². The first-order chi connectivity index (χ1) is 34.7. The third kappa shape index (κ3) is 13.9. The zero-order valence-electron chi connectivity index (χ0n) is 40.5. The highest BCUT2D eigenvalue weighted by molar-refractivity contribution is 5.98. The molecular formula is C51H54N4O18. The lowest BCUT2D eigenvalue weighted by atomic mass is 9.90. The number of nitro groups is 1. The van der Waals surface area contributed by atoms with Crippen LogP contribution >= 0.6 is 0 Å². The minimum Gasteiger partial charge on any atom is -0.479 e. The van der Waals surface area contributed by atoms with Gasteiger partial charge in [-0.3, -0.25) is 34.1 Å². The standard InChI is InChI=1S/C51H54N4O18/c1-26(2)42(54-50(63)67-25-40-38-13-9-7-11-36(38)37-12-8-10-14-39(37)40)48(60)52-27(3)47(59)53-33-17-15-32(24-68-51(64)72-35-20-18-34(19-21-35)55(65)66)31(23-33)16-22-41-43(69-28(4)56)44(70-29(5)57)45(71-30(6)58)46(73-41)49(61)62/h7-15,17-21,23,26-27,40-46H,16,22,24-25H2,1-6H3,(H,52,60)(H,53,59)(H,54,63)(H,61,62)/t27-,41-,42-,43-,44+,45-,46?/m0/s1. The largest absolute Gasteiger partial charge is 0.514 e. The number of alkyl carbamates (subject to hydrolysis) is 1. The van der Waals surface area contributed by atoms with Crippen LogP contribution in [-0.2, 0) is 70.2 Å². The summed E-state index contributed by atoms with van der Waals surface area (Å²) in [5.74, 6) is -6.38. The van der Waals surface area contributed by atoms with Crippen molar-refractivity contribution >= 4 is 59.3 Å². The van der Waals surface area contributed by atoms with Gasteiger partial charge in [0.25, 0.3) is 5.69 Å². The number of fused-ring (bicyclic) bond motifs is 3. The van der Waals surface area contributed by atoms with E-state index in [1.807, 2.05) is 48.5 Å². The van der Waals surface area contributed by atoms with Crippen LogP contribution in [0, 0.1) is 16.0 Å². The number of amides is 3. The number of nitrogens with zero attached hydrogens (tertiary/aromatic N) is 1. The molecule has 4 aromatic rings. The molecular weight excluding hydrogens is 957 g/mol. The summed E-state index contributed by atoms with van der Waals surface area (Å²) in [5, 5.41) is 29.2. The molecule has 22 nitrogen and oxygen atoms in total. The summed E-state index contributed by atoms with van der Waals surface area (Å²) in [5.41, 5.74) is 4.72. The Hall–Kier alpha value is -8.40. The van der Waals surface area contributed by atoms with Crippen molar-refractivity contribution in [3.05, 3.63) is 123 Å². The molecule has 1 aliphatic carbocycles. The lowest BCUT2D eigenvalue weighted by molar-refractivity contribution is -0.384. The van der Waals surface area contributed by atoms with Crippen LogP contribution in [0.5, 0.6) is 5.75 Å². The Morgan fingerprint density at radius 2 is 1.30 bits per heavy atom. The Bertz CT molecular complexity index is 2700. The predicted molar refractivity (Wildman–Crippen MR) is 255 cm³/mol. The van der Waals surface area contributed by atoms with E-state index in [4.69, 9.17) is 33.2 Å². The maximum Gasteiger partial charge on any atom is 0.514 e. The SMILES string of the molecule is CC(=O)O[C@@H]1[C@@H](OC(C)=O)[C@H](OC(C)=O)C(C(=O)O)O[C@H]1CCc1cc(NC(=O)[C@H](C)NC(=O)[C@@H](NC(=O)OCC2c3ccccc3-c3ccccc32)C(C)C)ccc1COC(=O)Oc1ccc([N+](=O)[O-])cc1. The molecule has 1 fully saturated rings. The first-order valence-electron chi connectivity index (χ1n) is 23.0. The number of esters is 3. The van der Waals surface area contributed by atoms with Gasteiger partial charge in [-0.1, -0.05) is 68.4 Å². The Balaban J connectivity index is 1.17. The molecule has 3 amide bonds. The van der Waals surface area contributed by atoms with Gasteiger partial charge >= 0.3 is 36.1 Å². The van der Waals surface area contributed by atoms with Crippen molar-refractivity contribution in [2.24, 2.45) is 5.92 Å². The van der Waals surface area contributed by atoms with Gasteiger partial charge in [0.1, 0.15) is 31.0 Å². The van der Waals surface area contributed by atoms with Crippen molar-refractivity contribution in [2.75, 3.05) is 11.9 Å². The van der Waals surface area contributed by atoms with Crippen LogP contribution in [0.2, 0.25) is 0 Å². The van der Waals surface area contributed by atoms with Gasteiger partial charge in [-0.25, -0.2) is 14.4 Å². The first kappa shape index (κ1) is 53.9. The first-order valence-corrected chi connectivity index (χ1v) is 23.0. The fourth-order valence-electron chi connectivity index (χ4n) is 8.52. The highest BCUT2D eigenvalue weighted by Gasteiger charge is 2.54. The fraction of sp³-hybridized carbons (Fsp3) is 0.373. The molecule has 0 aromatic heterocycles. The normalized spacial score (nSPS) is 18.6. The molecule has 6 rings (SSSR count). The zero-order valence-corrected chi connectivity index (χ0v) is 40.5. The summed E-state index contributed by atoms with van der Waals surface area (Å²) < 4.78 is 38.2. The van der Waals surface area contributed by atoms with Crippen molar-refractivity contribution in [1.82, 2.24) is 10.6 Å². The summed E-state index contributed by atoms with van der Waals surface area (Å²) in [7, 11) is 0. The van der Waals surface area contributed by atoms with Gasteiger partial charge in [-0.2, -0.15) is 0 Å². The van der Waals surface area contributed by atoms with Crippen LogP contribution in [0.3, 0.4) is 0 Å². The Kier molecular flexibility index (Phi) is 17.8. The Labute approximate surface area is 418 Å². The number of rotatable bonds is 19. The van der Waals surface area contributed by atoms with Crippen molar-refractivity contribution in [3.8, 4) is 16.9 Å². The van der Waals surface area contributed by atoms with Crippen LogP contribution in [0.1, 0.15) is 76.1 Å². The number of carboxylic acids is 1. The number of benzene rings is 4. The average Bonchev–Trinajstić information content (AvgIpc) is 3.65. The quantitative estimate of drug-likeness (QED) is 0.0279. The molecule has 386 valence electrons. The van der Waals surface area contributed by atoms with Crippen LogP contribution in [0.4, 0.5) is 21.0 Å². The molecule has 0 saturated carbocycles. The minimum absolute atomic E-state index is 0.0128. The van der Waals surface area contributed by atoms with E-state index in [9.17, 15) is 53.6 Å². The zero-order chi connectivity index (χ0) is 53.1. The predicted octanol–water partition coefficient (Wildman–Crippen LogP) is 5.90. The monoisotopic (exact) mass is 1010 g/mol. The number of nitro benzene ring substituents is 1. The lowest BCUT2D eigenvalue weighted by Gasteiger charge is -2.43. The lowest BCUT2D eigenvalue weighted by Crippen LogP contribution is -2.63. The maximum absolute atomic E-state index is 13.7. The van der Waals surface area contributed by atoms with Crippen LogP contribution in [0.15, 0.2) is 91.0 Å². The van der Waals surface area contributed by atoms with E-state index in [0.717, 1.165) is 55.2 Å². The molecule has 4 N–H and O–H groups in total. The summed E-state index contributed by atoms with van der Waals surface area (Å²) >= 11 is 0. The average molecular weight is 1010 g/mol. The van der Waals surface area contributed by atoms with E-state index in [0.29, 0.717) is 11.1 Å². The number of ether oxygens (including phenoxy) is 7. The second-order valence-corrected chi connectivity index (χ2v) is 17.5. The van der Waals surface area contributed by atoms with Gasteiger partial charge in [0.2, 0.25) is 11.8 Å². The summed E-state index contributed by atoms with van der Waals surface area (Å²) in [6.45, 7) is 7.49. The fourth-order valence-corrected chi connectivity index (χ4v) is 8.52. The highest BCUT2D eigenvalue weighted by atomic mass is 16.7. The molecule has 1 saturated heterocycles. The van der Waals surface area contributed by atoms with Crippen molar-refractivity contribution in [3.63, 3.8) is 0 Å². The van der Waals surface area contributed by atoms with E-state index in [-0.39, 0.29) is 42.5 Å². The van der Waals surface area contributed by atoms with Crippen LogP contribution < -0.4 is 20.7 Å². The number of non-ortho nitro benzene ring substituents is 1. The molecule has 0 radical (unpaired) electrons. The summed E-state index contributed by atoms with van der Waals surface area (Å²) in [6.07, 6.45) is -10.4. The molecule has 0 spiro atoms. The Morgan fingerprint density at radius 3 is 1.88 bits per heavy atom. The number of carbonyl (C=O) groups excluding carboxylic acids is 7. The number of carbonyl (C=O) groups is 8. The minimum atomic E-state index is -1.89. The maximum atomic E-state index is 13.7. The molecule has 22 heteroatoms. The number of carboxylic acid groups (broad SMARTS) is 1. The molecule has 2 aliphatic rings. The van der Waals surface area contributed by atoms with E-state index in [1.54, 1.807) is 13.8 Å². The van der Waals surface area contributed by atoms with Gasteiger partial charge in [-0.05, 0) is 83.3 Å². The van der Waals surface area contributed by atoms with E-state index >= 15 is 0 Å². The number of aryl methyl sites for hydroxylation is 1. The van der Waals surface area contributed by atoms with Gasteiger partial charge in [-0.15, -0.1) is 0 Å². The number of anilines is 1. The highest BCUT2D eigenvalue weighted by Crippen LogP contribution is 2.44. The molecule has 73 heavy (non-hydrogen) atoms. The topological polar surface area (TPSA) is 301 Å². The number of nitrogens with one attached hydrogen (secondary N) is 3. The van der Waals surface area contributed by atoms with E-state index in [1.165, 1.54) is 37.3 Å². The molecule has 1 aliphatic heterocycles. The molecule has 7 atom stereocenters. The Morgan fingerprint density at radius 1 is 0.712 bits per heavy atom. The van der Waals surface area contributed by atoms with E-state index < -0.39 is 108 Å². The van der Waals surface area contributed by atoms with E-state index in [2.05, 4.69) is 16.0 Å². The molecule has 1 unspecified atom stereocenters. The van der Waals surface area contributed by atoms with Gasteiger partial charge < -0.3 is 54.2 Å². The third-order valence-electron chi connectivity index (χ3n) is 11.9. The molecule has 0 bridgehead atoms. The number of hydrogen-bond acceptors (Lipinski definition) is 17. The van der Waals surface area contributed by atoms with Crippen LogP contribution in [-0.4, -0.2) is 107 Å². The smallest absolute Gasteiger partial charge is 0.479 e. The second kappa shape index (κ2) is 24.1. The van der Waals surface area contributed by atoms with Crippen molar-refractivity contribution in [2.45, 2.75) is 110 Å². The van der Waals surface area contributed by atoms with Crippen molar-refractivity contribution in [1.29, 1.82) is 0 Å². The summed E-state index contributed by atoms with van der Waals surface area (Å²) in [4.78, 5) is 113. The third-order valence-corrected chi connectivity index (χ3v) is 11.9.